The van der Waals surface area contributed by atoms with Gasteiger partial charge in [-0.25, -0.2) is 0 Å². The number of hydrogen-bond donors (Lipinski definition) is 1. The predicted octanol–water partition coefficient (Wildman–Crippen LogP) is 6.33. The number of fused-ring (bicyclic) bond motifs is 1. The molecule has 1 saturated carbocycles. The smallest absolute Gasteiger partial charge is 0.227 e. The van der Waals surface area contributed by atoms with Crippen LogP contribution in [0.15, 0.2) is 54.6 Å². The highest BCUT2D eigenvalue weighted by molar-refractivity contribution is 5.95. The first-order valence-corrected chi connectivity index (χ1v) is 10.9. The van der Waals surface area contributed by atoms with Crippen LogP contribution in [0.4, 0.5) is 11.4 Å². The lowest BCUT2D eigenvalue weighted by atomic mass is 9.85. The molecule has 2 aromatic carbocycles. The summed E-state index contributed by atoms with van der Waals surface area (Å²) in [7, 11) is 0. The number of carbonyl (C=O) groups is 1. The van der Waals surface area contributed by atoms with Crippen molar-refractivity contribution in [3.8, 4) is 0 Å². The molecule has 1 amide bonds. The Hall–Kier alpha value is -2.29. The van der Waals surface area contributed by atoms with Crippen LogP contribution in [0.1, 0.15) is 69.9 Å². The molecular weight excluding hydrogens is 344 g/mol. The summed E-state index contributed by atoms with van der Waals surface area (Å²) in [6, 6.07) is 19.2. The largest absolute Gasteiger partial charge is 0.378 e. The number of carbonyl (C=O) groups excluding carboxylic acids is 1. The molecule has 1 aliphatic carbocycles. The number of hydrogen-bond acceptors (Lipinski definition) is 2. The van der Waals surface area contributed by atoms with Crippen molar-refractivity contribution in [1.82, 2.24) is 0 Å². The molecule has 148 valence electrons. The molecule has 0 aromatic heterocycles. The van der Waals surface area contributed by atoms with Crippen molar-refractivity contribution < 1.29 is 4.79 Å². The molecule has 0 unspecified atom stereocenters. The molecule has 2 aromatic rings. The van der Waals surface area contributed by atoms with Crippen LogP contribution in [0.3, 0.4) is 0 Å². The van der Waals surface area contributed by atoms with Gasteiger partial charge in [-0.2, -0.15) is 0 Å². The van der Waals surface area contributed by atoms with Gasteiger partial charge in [0.15, 0.2) is 0 Å². The lowest BCUT2D eigenvalue weighted by Crippen LogP contribution is -2.44. The van der Waals surface area contributed by atoms with Crippen molar-refractivity contribution in [1.29, 1.82) is 0 Å². The van der Waals surface area contributed by atoms with Gasteiger partial charge >= 0.3 is 0 Å². The average molecular weight is 377 g/mol. The number of amides is 1. The topological polar surface area (TPSA) is 32.3 Å². The molecule has 0 spiro atoms. The maximum absolute atomic E-state index is 13.2. The number of anilines is 2. The minimum Gasteiger partial charge on any atom is -0.378 e. The molecular formula is C25H32N2O. The van der Waals surface area contributed by atoms with Crippen molar-refractivity contribution in [2.24, 2.45) is 5.92 Å². The number of nitrogens with one attached hydrogen (secondary N) is 1. The van der Waals surface area contributed by atoms with E-state index in [9.17, 15) is 4.79 Å². The molecule has 28 heavy (non-hydrogen) atoms. The summed E-state index contributed by atoms with van der Waals surface area (Å²) in [5.41, 5.74) is 3.45. The standard InChI is InChI=1S/C25H32N2O/c1-19-18-23(26-21-12-6-3-7-13-21)22-14-8-9-15-24(22)27(19)25(28)17-16-20-10-4-2-5-11-20/h3,6-9,12-15,19-20,23,26H,2,4-5,10-11,16-18H2,1H3/t19-,23-/m0/s1. The number of nitrogens with zero attached hydrogens (tertiary/aromatic N) is 1. The second kappa shape index (κ2) is 8.81. The SMILES string of the molecule is C[C@H]1C[C@H](Nc2ccccc2)c2ccccc2N1C(=O)CCC1CCCCC1. The Bertz CT molecular complexity index is 782. The molecule has 2 atom stereocenters. The molecule has 0 radical (unpaired) electrons. The van der Waals surface area contributed by atoms with Gasteiger partial charge in [0.1, 0.15) is 0 Å². The number of rotatable bonds is 5. The van der Waals surface area contributed by atoms with E-state index in [1.54, 1.807) is 0 Å². The monoisotopic (exact) mass is 376 g/mol. The molecule has 3 nitrogen and oxygen atoms in total. The fourth-order valence-electron chi connectivity index (χ4n) is 4.99. The summed E-state index contributed by atoms with van der Waals surface area (Å²) >= 11 is 0. The Balaban J connectivity index is 1.49. The zero-order chi connectivity index (χ0) is 19.3. The lowest BCUT2D eigenvalue weighted by molar-refractivity contribution is -0.119. The van der Waals surface area contributed by atoms with E-state index in [4.69, 9.17) is 0 Å². The maximum Gasteiger partial charge on any atom is 0.227 e. The molecule has 1 fully saturated rings. The number of para-hydroxylation sites is 2. The van der Waals surface area contributed by atoms with Crippen LogP contribution < -0.4 is 10.2 Å². The second-order valence-corrected chi connectivity index (χ2v) is 8.51. The Labute approximate surface area is 169 Å². The molecule has 1 heterocycles. The third-order valence-electron chi connectivity index (χ3n) is 6.46. The Kier molecular flexibility index (Phi) is 5.99. The molecule has 0 bridgehead atoms. The van der Waals surface area contributed by atoms with E-state index >= 15 is 0 Å². The van der Waals surface area contributed by atoms with E-state index in [0.717, 1.165) is 30.1 Å². The Morgan fingerprint density at radius 3 is 2.50 bits per heavy atom. The average Bonchev–Trinajstić information content (AvgIpc) is 2.74. The van der Waals surface area contributed by atoms with E-state index in [0.29, 0.717) is 12.3 Å². The normalized spacial score (nSPS) is 22.5. The summed E-state index contributed by atoms with van der Waals surface area (Å²) in [4.78, 5) is 15.3. The van der Waals surface area contributed by atoms with Crippen LogP contribution in [-0.2, 0) is 4.79 Å². The molecule has 1 N–H and O–H groups in total. The van der Waals surface area contributed by atoms with Crippen molar-refractivity contribution >= 4 is 17.3 Å². The first kappa shape index (κ1) is 19.0. The van der Waals surface area contributed by atoms with Crippen LogP contribution in [-0.4, -0.2) is 11.9 Å². The van der Waals surface area contributed by atoms with Crippen LogP contribution in [0.5, 0.6) is 0 Å². The molecule has 0 saturated heterocycles. The van der Waals surface area contributed by atoms with Crippen LogP contribution in [0.2, 0.25) is 0 Å². The van der Waals surface area contributed by atoms with E-state index in [1.807, 2.05) is 6.07 Å². The van der Waals surface area contributed by atoms with Crippen molar-refractivity contribution in [3.05, 3.63) is 60.2 Å². The van der Waals surface area contributed by atoms with Gasteiger partial charge in [-0.1, -0.05) is 68.5 Å². The van der Waals surface area contributed by atoms with Crippen molar-refractivity contribution in [2.45, 2.75) is 70.4 Å². The van der Waals surface area contributed by atoms with Gasteiger partial charge in [-0.15, -0.1) is 0 Å². The second-order valence-electron chi connectivity index (χ2n) is 8.51. The predicted molar refractivity (Wildman–Crippen MR) is 117 cm³/mol. The van der Waals surface area contributed by atoms with Crippen LogP contribution in [0.25, 0.3) is 0 Å². The summed E-state index contributed by atoms with van der Waals surface area (Å²) in [6.45, 7) is 2.19. The van der Waals surface area contributed by atoms with Gasteiger partial charge < -0.3 is 10.2 Å². The summed E-state index contributed by atoms with van der Waals surface area (Å²) in [5, 5.41) is 3.67. The maximum atomic E-state index is 13.2. The Morgan fingerprint density at radius 1 is 1.00 bits per heavy atom. The van der Waals surface area contributed by atoms with Crippen molar-refractivity contribution in [2.75, 3.05) is 10.2 Å². The van der Waals surface area contributed by atoms with E-state index < -0.39 is 0 Å². The summed E-state index contributed by atoms with van der Waals surface area (Å²) in [6.07, 6.45) is 9.34. The minimum absolute atomic E-state index is 0.204. The fourth-order valence-corrected chi connectivity index (χ4v) is 4.99. The molecule has 1 aliphatic heterocycles. The van der Waals surface area contributed by atoms with Gasteiger partial charge in [0.25, 0.3) is 0 Å². The number of benzene rings is 2. The van der Waals surface area contributed by atoms with Crippen LogP contribution >= 0.6 is 0 Å². The van der Waals surface area contributed by atoms with Gasteiger partial charge in [0.05, 0.1) is 6.04 Å². The zero-order valence-corrected chi connectivity index (χ0v) is 16.9. The summed E-state index contributed by atoms with van der Waals surface area (Å²) < 4.78 is 0. The van der Waals surface area contributed by atoms with Gasteiger partial charge in [0, 0.05) is 23.8 Å². The first-order valence-electron chi connectivity index (χ1n) is 10.9. The molecule has 2 aliphatic rings. The lowest BCUT2D eigenvalue weighted by Gasteiger charge is -2.40. The highest BCUT2D eigenvalue weighted by Crippen LogP contribution is 2.39. The van der Waals surface area contributed by atoms with Gasteiger partial charge in [-0.3, -0.25) is 4.79 Å². The summed E-state index contributed by atoms with van der Waals surface area (Å²) in [5.74, 6) is 1.05. The quantitative estimate of drug-likeness (QED) is 0.662. The Morgan fingerprint density at radius 2 is 1.71 bits per heavy atom. The third-order valence-corrected chi connectivity index (χ3v) is 6.46. The van der Waals surface area contributed by atoms with Crippen LogP contribution in [0, 0.1) is 5.92 Å². The van der Waals surface area contributed by atoms with Gasteiger partial charge in [0.2, 0.25) is 5.91 Å². The fraction of sp³-hybridized carbons (Fsp3) is 0.480. The van der Waals surface area contributed by atoms with Crippen molar-refractivity contribution in [3.63, 3.8) is 0 Å². The highest BCUT2D eigenvalue weighted by Gasteiger charge is 2.33. The zero-order valence-electron chi connectivity index (χ0n) is 16.9. The molecule has 3 heteroatoms. The highest BCUT2D eigenvalue weighted by atomic mass is 16.2. The van der Waals surface area contributed by atoms with Gasteiger partial charge in [-0.05, 0) is 49.4 Å². The molecule has 4 rings (SSSR count). The van der Waals surface area contributed by atoms with E-state index in [-0.39, 0.29) is 12.1 Å². The third kappa shape index (κ3) is 4.24. The van der Waals surface area contributed by atoms with E-state index in [2.05, 4.69) is 65.7 Å². The minimum atomic E-state index is 0.204. The first-order chi connectivity index (χ1) is 13.7. The van der Waals surface area contributed by atoms with E-state index in [1.165, 1.54) is 37.7 Å².